The number of hydrogen-bond acceptors (Lipinski definition) is 4. The zero-order chi connectivity index (χ0) is 18.8. The first-order chi connectivity index (χ1) is 12.4. The standard InChI is InChI=1S/C18H13Cl2N3O3/c1-10-3-2-4-12(7-10)23-17(25)13(16(24)22-18(23)26)9-21-15-6-5-11(19)8-14(15)20/h2-9,25H,1H3,(H,22,24,26). The lowest BCUT2D eigenvalue weighted by atomic mass is 10.2. The molecule has 2 aromatic carbocycles. The van der Waals surface area contributed by atoms with Crippen molar-refractivity contribution in [3.8, 4) is 11.6 Å². The summed E-state index contributed by atoms with van der Waals surface area (Å²) in [5.41, 5.74) is -0.00334. The van der Waals surface area contributed by atoms with Gasteiger partial charge in [0.25, 0.3) is 5.56 Å². The van der Waals surface area contributed by atoms with Gasteiger partial charge in [0.1, 0.15) is 5.56 Å². The molecule has 0 amide bonds. The van der Waals surface area contributed by atoms with Crippen LogP contribution in [0.3, 0.4) is 0 Å². The highest BCUT2D eigenvalue weighted by Gasteiger charge is 2.14. The van der Waals surface area contributed by atoms with Crippen LogP contribution in [0.25, 0.3) is 5.69 Å². The summed E-state index contributed by atoms with van der Waals surface area (Å²) in [4.78, 5) is 30.5. The van der Waals surface area contributed by atoms with Crippen molar-refractivity contribution in [2.75, 3.05) is 0 Å². The van der Waals surface area contributed by atoms with Gasteiger partial charge < -0.3 is 5.11 Å². The third kappa shape index (κ3) is 3.56. The molecule has 2 N–H and O–H groups in total. The minimum Gasteiger partial charge on any atom is -0.493 e. The fourth-order valence-corrected chi connectivity index (χ4v) is 2.84. The van der Waals surface area contributed by atoms with Crippen molar-refractivity contribution in [3.05, 3.63) is 84.5 Å². The Labute approximate surface area is 158 Å². The predicted octanol–water partition coefficient (Wildman–Crippen LogP) is 3.60. The van der Waals surface area contributed by atoms with Gasteiger partial charge in [0.2, 0.25) is 5.88 Å². The Kier molecular flexibility index (Phi) is 4.97. The summed E-state index contributed by atoms with van der Waals surface area (Å²) in [5, 5.41) is 11.2. The maximum absolute atomic E-state index is 12.2. The smallest absolute Gasteiger partial charge is 0.335 e. The Morgan fingerprint density at radius 3 is 2.62 bits per heavy atom. The number of nitrogens with zero attached hydrogens (tertiary/aromatic N) is 2. The van der Waals surface area contributed by atoms with Crippen molar-refractivity contribution in [2.24, 2.45) is 4.99 Å². The zero-order valence-electron chi connectivity index (χ0n) is 13.5. The second-order valence-corrected chi connectivity index (χ2v) is 6.37. The number of aromatic nitrogens is 2. The maximum Gasteiger partial charge on any atom is 0.335 e. The summed E-state index contributed by atoms with van der Waals surface area (Å²) in [6.07, 6.45) is 1.15. The third-order valence-electron chi connectivity index (χ3n) is 3.62. The number of nitrogens with one attached hydrogen (secondary N) is 1. The average Bonchev–Trinajstić information content (AvgIpc) is 2.56. The Balaban J connectivity index is 2.14. The molecule has 1 aromatic heterocycles. The van der Waals surface area contributed by atoms with Crippen LogP contribution in [0, 0.1) is 6.92 Å². The van der Waals surface area contributed by atoms with Gasteiger partial charge in [-0.2, -0.15) is 0 Å². The fourth-order valence-electron chi connectivity index (χ4n) is 2.38. The molecule has 0 fully saturated rings. The Bertz CT molecular complexity index is 1130. The van der Waals surface area contributed by atoms with Gasteiger partial charge in [-0.1, -0.05) is 35.3 Å². The van der Waals surface area contributed by atoms with Crippen molar-refractivity contribution < 1.29 is 5.11 Å². The van der Waals surface area contributed by atoms with E-state index in [0.29, 0.717) is 16.4 Å². The van der Waals surface area contributed by atoms with Gasteiger partial charge in [-0.15, -0.1) is 0 Å². The first kappa shape index (κ1) is 18.0. The molecule has 26 heavy (non-hydrogen) atoms. The molecule has 0 atom stereocenters. The van der Waals surface area contributed by atoms with Crippen LogP contribution < -0.4 is 11.2 Å². The minimum absolute atomic E-state index is 0.169. The molecule has 0 bridgehead atoms. The van der Waals surface area contributed by atoms with Crippen molar-refractivity contribution in [3.63, 3.8) is 0 Å². The highest BCUT2D eigenvalue weighted by Crippen LogP contribution is 2.28. The van der Waals surface area contributed by atoms with Crippen LogP contribution in [0.15, 0.2) is 57.0 Å². The van der Waals surface area contributed by atoms with Gasteiger partial charge in [0.05, 0.1) is 16.4 Å². The predicted molar refractivity (Wildman–Crippen MR) is 103 cm³/mol. The van der Waals surface area contributed by atoms with Crippen molar-refractivity contribution in [1.29, 1.82) is 0 Å². The van der Waals surface area contributed by atoms with Crippen LogP contribution in [0.2, 0.25) is 10.0 Å². The summed E-state index contributed by atoms with van der Waals surface area (Å²) in [7, 11) is 0. The highest BCUT2D eigenvalue weighted by atomic mass is 35.5. The first-order valence-corrected chi connectivity index (χ1v) is 8.27. The lowest BCUT2D eigenvalue weighted by Gasteiger charge is -2.10. The third-order valence-corrected chi connectivity index (χ3v) is 4.16. The van der Waals surface area contributed by atoms with Crippen LogP contribution in [0.4, 0.5) is 5.69 Å². The quantitative estimate of drug-likeness (QED) is 0.670. The highest BCUT2D eigenvalue weighted by molar-refractivity contribution is 6.36. The van der Waals surface area contributed by atoms with E-state index in [-0.39, 0.29) is 10.6 Å². The number of hydrogen-bond donors (Lipinski definition) is 2. The molecule has 1 heterocycles. The van der Waals surface area contributed by atoms with Gasteiger partial charge in [0, 0.05) is 11.2 Å². The number of aromatic hydroxyl groups is 1. The molecule has 132 valence electrons. The molecule has 3 rings (SSSR count). The summed E-state index contributed by atoms with van der Waals surface area (Å²) in [6, 6.07) is 11.6. The van der Waals surface area contributed by atoms with Crippen molar-refractivity contribution in [1.82, 2.24) is 9.55 Å². The molecular weight excluding hydrogens is 377 g/mol. The monoisotopic (exact) mass is 389 g/mol. The zero-order valence-corrected chi connectivity index (χ0v) is 15.0. The van der Waals surface area contributed by atoms with Crippen LogP contribution in [-0.4, -0.2) is 20.9 Å². The van der Waals surface area contributed by atoms with E-state index in [1.54, 1.807) is 30.3 Å². The second-order valence-electron chi connectivity index (χ2n) is 5.52. The SMILES string of the molecule is Cc1cccc(-n2c(O)c(C=Nc3ccc(Cl)cc3Cl)c(=O)[nH]c2=O)c1. The normalized spacial score (nSPS) is 11.2. The van der Waals surface area contributed by atoms with E-state index in [1.807, 2.05) is 13.0 Å². The molecule has 0 saturated carbocycles. The van der Waals surface area contributed by atoms with Gasteiger partial charge >= 0.3 is 5.69 Å². The van der Waals surface area contributed by atoms with E-state index in [9.17, 15) is 14.7 Å². The van der Waals surface area contributed by atoms with E-state index in [1.165, 1.54) is 6.07 Å². The summed E-state index contributed by atoms with van der Waals surface area (Å²) >= 11 is 11.9. The molecule has 6 nitrogen and oxygen atoms in total. The molecule has 0 radical (unpaired) electrons. The lowest BCUT2D eigenvalue weighted by Crippen LogP contribution is -2.31. The molecule has 8 heteroatoms. The van der Waals surface area contributed by atoms with Gasteiger partial charge in [0.15, 0.2) is 0 Å². The number of halogens is 2. The van der Waals surface area contributed by atoms with E-state index < -0.39 is 17.1 Å². The largest absolute Gasteiger partial charge is 0.493 e. The van der Waals surface area contributed by atoms with E-state index in [4.69, 9.17) is 23.2 Å². The first-order valence-electron chi connectivity index (χ1n) is 7.51. The number of aromatic amines is 1. The van der Waals surface area contributed by atoms with Crippen molar-refractivity contribution in [2.45, 2.75) is 6.92 Å². The van der Waals surface area contributed by atoms with Gasteiger partial charge in [-0.05, 0) is 42.8 Å². The summed E-state index contributed by atoms with van der Waals surface area (Å²) < 4.78 is 0.999. The van der Waals surface area contributed by atoms with Crippen molar-refractivity contribution >= 4 is 35.1 Å². The molecule has 0 spiro atoms. The van der Waals surface area contributed by atoms with E-state index >= 15 is 0 Å². The molecule has 0 aliphatic heterocycles. The number of benzene rings is 2. The second kappa shape index (κ2) is 7.19. The molecule has 0 aliphatic carbocycles. The topological polar surface area (TPSA) is 87.4 Å². The minimum atomic E-state index is -0.759. The maximum atomic E-state index is 12.2. The summed E-state index contributed by atoms with van der Waals surface area (Å²) in [5.74, 6) is -0.516. The van der Waals surface area contributed by atoms with Crippen LogP contribution in [-0.2, 0) is 0 Å². The Morgan fingerprint density at radius 2 is 1.92 bits per heavy atom. The average molecular weight is 390 g/mol. The van der Waals surface area contributed by atoms with Crippen LogP contribution in [0.1, 0.15) is 11.1 Å². The van der Waals surface area contributed by atoms with Crippen LogP contribution >= 0.6 is 23.2 Å². The number of aliphatic imine (C=N–C) groups is 1. The van der Waals surface area contributed by atoms with E-state index in [2.05, 4.69) is 9.98 Å². The summed E-state index contributed by atoms with van der Waals surface area (Å²) in [6.45, 7) is 1.85. The molecule has 3 aromatic rings. The molecular formula is C18H13Cl2N3O3. The fraction of sp³-hybridized carbons (Fsp3) is 0.0556. The Morgan fingerprint density at radius 1 is 1.15 bits per heavy atom. The lowest BCUT2D eigenvalue weighted by molar-refractivity contribution is 0.430. The van der Waals surface area contributed by atoms with Gasteiger partial charge in [-0.25, -0.2) is 9.36 Å². The Hall–Kier alpha value is -2.83. The number of H-pyrrole nitrogens is 1. The van der Waals surface area contributed by atoms with E-state index in [0.717, 1.165) is 16.3 Å². The molecule has 0 aliphatic rings. The number of rotatable bonds is 3. The number of aryl methyl sites for hydroxylation is 1. The molecule has 0 unspecified atom stereocenters. The van der Waals surface area contributed by atoms with Gasteiger partial charge in [-0.3, -0.25) is 14.8 Å². The van der Waals surface area contributed by atoms with Crippen LogP contribution in [0.5, 0.6) is 5.88 Å². The molecule has 0 saturated heterocycles.